The summed E-state index contributed by atoms with van der Waals surface area (Å²) in [6, 6.07) is 34.1. The summed E-state index contributed by atoms with van der Waals surface area (Å²) < 4.78 is 2.21. The van der Waals surface area contributed by atoms with Crippen LogP contribution in [0.4, 0.5) is 5.69 Å². The van der Waals surface area contributed by atoms with E-state index >= 15 is 0 Å². The molecule has 0 spiro atoms. The van der Waals surface area contributed by atoms with Crippen LogP contribution >= 0.6 is 12.2 Å². The highest BCUT2D eigenvalue weighted by atomic mass is 32.1. The fourth-order valence-corrected chi connectivity index (χ4v) is 5.46. The van der Waals surface area contributed by atoms with Crippen molar-refractivity contribution in [3.8, 4) is 5.69 Å². The lowest BCUT2D eigenvalue weighted by atomic mass is 10.0. The molecule has 0 aliphatic carbocycles. The summed E-state index contributed by atoms with van der Waals surface area (Å²) in [6.45, 7) is 0.474. The van der Waals surface area contributed by atoms with Crippen LogP contribution in [0, 0.1) is 0 Å². The molecule has 1 fully saturated rings. The molecule has 0 radical (unpaired) electrons. The van der Waals surface area contributed by atoms with Crippen molar-refractivity contribution in [1.29, 1.82) is 0 Å². The Morgan fingerprint density at radius 1 is 0.895 bits per heavy atom. The van der Waals surface area contributed by atoms with E-state index in [1.54, 1.807) is 6.20 Å². The number of thiocarbonyl (C=S) groups is 1. The van der Waals surface area contributed by atoms with Crippen molar-refractivity contribution in [2.75, 3.05) is 11.9 Å². The lowest BCUT2D eigenvalue weighted by Crippen LogP contribution is -2.33. The molecule has 38 heavy (non-hydrogen) atoms. The zero-order valence-corrected chi connectivity index (χ0v) is 21.5. The molecule has 1 aliphatic rings. The van der Waals surface area contributed by atoms with Crippen LogP contribution in [0.5, 0.6) is 0 Å². The minimum atomic E-state index is -0.157. The quantitative estimate of drug-likeness (QED) is 0.258. The molecule has 2 atom stereocenters. The Balaban J connectivity index is 1.33. The Morgan fingerprint density at radius 3 is 2.50 bits per heavy atom. The number of pyridine rings is 1. The van der Waals surface area contributed by atoms with Crippen LogP contribution in [0.3, 0.4) is 0 Å². The molecule has 1 saturated heterocycles. The number of rotatable bonds is 7. The second-order valence-electron chi connectivity index (χ2n) is 9.32. The molecule has 188 valence electrons. The highest BCUT2D eigenvalue weighted by Crippen LogP contribution is 2.39. The number of hydrogen-bond acceptors (Lipinski definition) is 3. The SMILES string of the molecule is O=C(CCN1C(=S)N[C@@H](c2ccccn2)[C@@H]1c1cccn1-c1ccc2ccccc2c1)Nc1ccccc1. The van der Waals surface area contributed by atoms with Crippen LogP contribution in [0.25, 0.3) is 16.5 Å². The lowest BCUT2D eigenvalue weighted by molar-refractivity contribution is -0.116. The number of carbonyl (C=O) groups excluding carboxylic acids is 1. The van der Waals surface area contributed by atoms with Gasteiger partial charge in [-0.2, -0.15) is 0 Å². The molecule has 1 aliphatic heterocycles. The van der Waals surface area contributed by atoms with Gasteiger partial charge in [-0.25, -0.2) is 0 Å². The average Bonchev–Trinajstić information content (AvgIpc) is 3.57. The van der Waals surface area contributed by atoms with E-state index in [4.69, 9.17) is 12.2 Å². The van der Waals surface area contributed by atoms with Crippen molar-refractivity contribution in [2.45, 2.75) is 18.5 Å². The predicted molar refractivity (Wildman–Crippen MR) is 155 cm³/mol. The minimum Gasteiger partial charge on any atom is -0.352 e. The first-order chi connectivity index (χ1) is 18.7. The molecule has 0 bridgehead atoms. The minimum absolute atomic E-state index is 0.0519. The first-order valence-electron chi connectivity index (χ1n) is 12.7. The van der Waals surface area contributed by atoms with Gasteiger partial charge in [-0.15, -0.1) is 0 Å². The van der Waals surface area contributed by atoms with Crippen LogP contribution < -0.4 is 10.6 Å². The molecule has 3 aromatic carbocycles. The fourth-order valence-electron chi connectivity index (χ4n) is 5.13. The average molecular weight is 518 g/mol. The zero-order chi connectivity index (χ0) is 25.9. The number of amides is 1. The van der Waals surface area contributed by atoms with Gasteiger partial charge in [0.25, 0.3) is 0 Å². The highest BCUT2D eigenvalue weighted by molar-refractivity contribution is 7.80. The largest absolute Gasteiger partial charge is 0.352 e. The molecule has 2 aromatic heterocycles. The van der Waals surface area contributed by atoms with Crippen molar-refractivity contribution in [3.63, 3.8) is 0 Å². The van der Waals surface area contributed by atoms with Gasteiger partial charge < -0.3 is 20.1 Å². The molecule has 0 saturated carbocycles. The Morgan fingerprint density at radius 2 is 1.68 bits per heavy atom. The summed E-state index contributed by atoms with van der Waals surface area (Å²) in [6.07, 6.45) is 4.19. The third-order valence-electron chi connectivity index (χ3n) is 6.93. The molecule has 6 nitrogen and oxygen atoms in total. The molecule has 6 rings (SSSR count). The standard InChI is InChI=1S/C31H27N5OS/c37-28(33-24-11-2-1-3-12-24)17-20-36-30(29(34-31(36)38)26-13-6-7-18-32-26)27-14-8-19-35(27)25-16-15-22-9-4-5-10-23(22)21-25/h1-16,18-19,21,29-30H,17,20H2,(H,33,37)(H,34,38)/t29-,30-/m0/s1. The summed E-state index contributed by atoms with van der Waals surface area (Å²) in [7, 11) is 0. The van der Waals surface area contributed by atoms with Gasteiger partial charge in [0.1, 0.15) is 0 Å². The van der Waals surface area contributed by atoms with Gasteiger partial charge >= 0.3 is 0 Å². The monoisotopic (exact) mass is 517 g/mol. The number of benzene rings is 3. The number of nitrogens with zero attached hydrogens (tertiary/aromatic N) is 3. The number of nitrogens with one attached hydrogen (secondary N) is 2. The number of anilines is 1. The number of carbonyl (C=O) groups is 1. The first kappa shape index (κ1) is 23.9. The summed E-state index contributed by atoms with van der Waals surface area (Å²) in [4.78, 5) is 19.6. The van der Waals surface area contributed by atoms with Crippen LogP contribution in [0.2, 0.25) is 0 Å². The van der Waals surface area contributed by atoms with Gasteiger partial charge in [0.05, 0.1) is 17.8 Å². The summed E-state index contributed by atoms with van der Waals surface area (Å²) in [5, 5.41) is 9.47. The van der Waals surface area contributed by atoms with E-state index in [0.717, 1.165) is 22.8 Å². The maximum atomic E-state index is 12.8. The van der Waals surface area contributed by atoms with Gasteiger partial charge in [0, 0.05) is 42.4 Å². The van der Waals surface area contributed by atoms with E-state index in [-0.39, 0.29) is 18.0 Å². The maximum absolute atomic E-state index is 12.8. The van der Waals surface area contributed by atoms with Crippen LogP contribution in [0.15, 0.2) is 116 Å². The van der Waals surface area contributed by atoms with Gasteiger partial charge in [-0.1, -0.05) is 54.6 Å². The van der Waals surface area contributed by atoms with E-state index in [0.29, 0.717) is 18.1 Å². The second-order valence-corrected chi connectivity index (χ2v) is 9.71. The molecule has 2 N–H and O–H groups in total. The van der Waals surface area contributed by atoms with E-state index in [1.165, 1.54) is 10.8 Å². The number of aromatic nitrogens is 2. The van der Waals surface area contributed by atoms with Crippen molar-refractivity contribution < 1.29 is 4.79 Å². The molecule has 0 unspecified atom stereocenters. The second kappa shape index (κ2) is 10.5. The smallest absolute Gasteiger partial charge is 0.226 e. The normalized spacial score (nSPS) is 16.9. The number of fused-ring (bicyclic) bond motifs is 1. The van der Waals surface area contributed by atoms with Crippen molar-refractivity contribution in [3.05, 3.63) is 127 Å². The zero-order valence-electron chi connectivity index (χ0n) is 20.7. The van der Waals surface area contributed by atoms with Crippen molar-refractivity contribution >= 4 is 39.7 Å². The van der Waals surface area contributed by atoms with E-state index in [1.807, 2.05) is 48.5 Å². The molecular weight excluding hydrogens is 490 g/mol. The number of hydrogen-bond donors (Lipinski definition) is 2. The van der Waals surface area contributed by atoms with Crippen LogP contribution in [-0.2, 0) is 4.79 Å². The molecular formula is C31H27N5OS. The van der Waals surface area contributed by atoms with Gasteiger partial charge in [0.15, 0.2) is 5.11 Å². The maximum Gasteiger partial charge on any atom is 0.226 e. The van der Waals surface area contributed by atoms with Crippen LogP contribution in [0.1, 0.15) is 29.9 Å². The van der Waals surface area contributed by atoms with Crippen LogP contribution in [-0.4, -0.2) is 32.0 Å². The first-order valence-corrected chi connectivity index (χ1v) is 13.1. The third kappa shape index (κ3) is 4.76. The molecule has 5 aromatic rings. The molecule has 1 amide bonds. The summed E-state index contributed by atoms with van der Waals surface area (Å²) in [5.74, 6) is -0.0519. The topological polar surface area (TPSA) is 62.2 Å². The number of para-hydroxylation sites is 1. The summed E-state index contributed by atoms with van der Waals surface area (Å²) in [5.41, 5.74) is 3.84. The Kier molecular flexibility index (Phi) is 6.58. The van der Waals surface area contributed by atoms with E-state index in [9.17, 15) is 4.79 Å². The van der Waals surface area contributed by atoms with E-state index in [2.05, 4.69) is 85.9 Å². The Hall–Kier alpha value is -4.49. The van der Waals surface area contributed by atoms with Crippen molar-refractivity contribution in [1.82, 2.24) is 19.8 Å². The fraction of sp³-hybridized carbons (Fsp3) is 0.129. The lowest BCUT2D eigenvalue weighted by Gasteiger charge is -2.29. The highest BCUT2D eigenvalue weighted by Gasteiger charge is 2.41. The van der Waals surface area contributed by atoms with Gasteiger partial charge in [0.2, 0.25) is 5.91 Å². The van der Waals surface area contributed by atoms with Gasteiger partial charge in [-0.3, -0.25) is 9.78 Å². The molecule has 3 heterocycles. The molecule has 7 heteroatoms. The summed E-state index contributed by atoms with van der Waals surface area (Å²) >= 11 is 5.82. The Bertz CT molecular complexity index is 1580. The van der Waals surface area contributed by atoms with Crippen molar-refractivity contribution in [2.24, 2.45) is 0 Å². The Labute approximate surface area is 226 Å². The third-order valence-corrected chi connectivity index (χ3v) is 7.28. The van der Waals surface area contributed by atoms with E-state index < -0.39 is 0 Å². The predicted octanol–water partition coefficient (Wildman–Crippen LogP) is 6.03. The van der Waals surface area contributed by atoms with Gasteiger partial charge in [-0.05, 0) is 71.5 Å².